The lowest BCUT2D eigenvalue weighted by Crippen LogP contribution is -2.42. The van der Waals surface area contributed by atoms with E-state index in [-0.39, 0.29) is 21.3 Å². The van der Waals surface area contributed by atoms with Crippen molar-refractivity contribution in [1.29, 1.82) is 0 Å². The minimum absolute atomic E-state index is 0.109. The molecule has 58 heavy (non-hydrogen) atoms. The van der Waals surface area contributed by atoms with Crippen LogP contribution in [0.5, 0.6) is 11.5 Å². The lowest BCUT2D eigenvalue weighted by molar-refractivity contribution is 0.0172. The van der Waals surface area contributed by atoms with Crippen LogP contribution in [0, 0.1) is 22.5 Å². The van der Waals surface area contributed by atoms with Crippen LogP contribution in [-0.2, 0) is 19.7 Å². The molecule has 2 aliphatic heterocycles. The van der Waals surface area contributed by atoms with E-state index in [0.717, 1.165) is 36.8 Å². The molecule has 0 saturated heterocycles. The number of aliphatic hydroxyl groups is 2. The number of sulfone groups is 2. The van der Waals surface area contributed by atoms with E-state index in [2.05, 4.69) is 0 Å². The summed E-state index contributed by atoms with van der Waals surface area (Å²) in [6.07, 6.45) is 3.72. The normalized spacial score (nSPS) is 25.8. The fourth-order valence-electron chi connectivity index (χ4n) is 9.09. The van der Waals surface area contributed by atoms with Crippen molar-refractivity contribution in [2.45, 2.75) is 113 Å². The molecule has 4 aromatic carbocycles. The van der Waals surface area contributed by atoms with Crippen molar-refractivity contribution in [2.24, 2.45) is 10.8 Å². The van der Waals surface area contributed by atoms with Crippen molar-refractivity contribution in [2.75, 3.05) is 25.7 Å². The molecule has 12 heteroatoms. The molecular formula is C46H58F2O8S2. The zero-order valence-corrected chi connectivity index (χ0v) is 36.0. The van der Waals surface area contributed by atoms with Gasteiger partial charge < -0.3 is 19.7 Å². The minimum Gasteiger partial charge on any atom is -0.497 e. The lowest BCUT2D eigenvalue weighted by Gasteiger charge is -2.39. The average Bonchev–Trinajstić information content (AvgIpc) is 3.33. The maximum absolute atomic E-state index is 14.2. The molecule has 8 nitrogen and oxygen atoms in total. The van der Waals surface area contributed by atoms with Crippen LogP contribution in [0.4, 0.5) is 8.78 Å². The van der Waals surface area contributed by atoms with E-state index >= 15 is 0 Å². The Balaban J connectivity index is 0.000000221. The first kappa shape index (κ1) is 45.2. The van der Waals surface area contributed by atoms with E-state index in [1.807, 2.05) is 39.8 Å². The van der Waals surface area contributed by atoms with Crippen molar-refractivity contribution in [3.05, 3.63) is 119 Å². The number of methoxy groups -OCH3 is 2. The van der Waals surface area contributed by atoms with Crippen LogP contribution in [0.2, 0.25) is 0 Å². The number of aliphatic hydroxyl groups excluding tert-OH is 2. The highest BCUT2D eigenvalue weighted by molar-refractivity contribution is 7.91. The van der Waals surface area contributed by atoms with Gasteiger partial charge in [-0.05, 0) is 109 Å². The van der Waals surface area contributed by atoms with Crippen LogP contribution >= 0.6 is 0 Å². The van der Waals surface area contributed by atoms with E-state index in [1.165, 1.54) is 36.4 Å². The number of hydrogen-bond donors (Lipinski definition) is 2. The number of halogens is 2. The molecule has 316 valence electrons. The first-order valence-corrected chi connectivity index (χ1v) is 23.5. The topological polar surface area (TPSA) is 127 Å². The van der Waals surface area contributed by atoms with Gasteiger partial charge in [0.25, 0.3) is 0 Å². The Labute approximate surface area is 343 Å². The van der Waals surface area contributed by atoms with E-state index in [4.69, 9.17) is 9.47 Å². The quantitative estimate of drug-likeness (QED) is 0.135. The monoisotopic (exact) mass is 840 g/mol. The predicted molar refractivity (Wildman–Crippen MR) is 223 cm³/mol. The van der Waals surface area contributed by atoms with Crippen LogP contribution in [0.15, 0.2) is 94.7 Å². The molecule has 0 spiro atoms. The van der Waals surface area contributed by atoms with E-state index < -0.39 is 66.2 Å². The summed E-state index contributed by atoms with van der Waals surface area (Å²) in [4.78, 5) is 0.218. The van der Waals surface area contributed by atoms with Gasteiger partial charge in [-0.3, -0.25) is 0 Å². The zero-order valence-electron chi connectivity index (χ0n) is 34.4. The van der Waals surface area contributed by atoms with Crippen molar-refractivity contribution in [1.82, 2.24) is 0 Å². The summed E-state index contributed by atoms with van der Waals surface area (Å²) >= 11 is 0. The second-order valence-electron chi connectivity index (χ2n) is 15.9. The number of ether oxygens (including phenoxy) is 2. The Bertz CT molecular complexity index is 2100. The van der Waals surface area contributed by atoms with Gasteiger partial charge in [0, 0.05) is 22.7 Å². The summed E-state index contributed by atoms with van der Waals surface area (Å²) in [6, 6.07) is 22.0. The van der Waals surface area contributed by atoms with Crippen LogP contribution in [0.3, 0.4) is 0 Å². The Hall–Kier alpha value is -3.84. The third kappa shape index (κ3) is 9.15. The highest BCUT2D eigenvalue weighted by Crippen LogP contribution is 2.51. The second-order valence-corrected chi connectivity index (χ2v) is 19.8. The third-order valence-corrected chi connectivity index (χ3v) is 16.5. The number of hydrogen-bond acceptors (Lipinski definition) is 8. The van der Waals surface area contributed by atoms with Crippen LogP contribution in [0.1, 0.15) is 113 Å². The molecule has 4 aromatic rings. The molecule has 0 aliphatic carbocycles. The molecule has 0 fully saturated rings. The van der Waals surface area contributed by atoms with Gasteiger partial charge in [0.15, 0.2) is 19.7 Å². The molecule has 0 amide bonds. The van der Waals surface area contributed by atoms with Gasteiger partial charge in [0.2, 0.25) is 0 Å². The average molecular weight is 841 g/mol. The van der Waals surface area contributed by atoms with Gasteiger partial charge >= 0.3 is 0 Å². The summed E-state index contributed by atoms with van der Waals surface area (Å²) in [7, 11) is -4.28. The zero-order chi connectivity index (χ0) is 42.5. The molecule has 2 heterocycles. The number of unbranched alkanes of at least 4 members (excludes halogenated alkanes) is 2. The van der Waals surface area contributed by atoms with Crippen LogP contribution in [0.25, 0.3) is 0 Å². The molecule has 2 aliphatic rings. The van der Waals surface area contributed by atoms with Crippen molar-refractivity contribution < 1.29 is 45.3 Å². The van der Waals surface area contributed by atoms with Gasteiger partial charge in [0.1, 0.15) is 23.1 Å². The predicted octanol–water partition coefficient (Wildman–Crippen LogP) is 9.40. The number of fused-ring (bicyclic) bond motifs is 2. The lowest BCUT2D eigenvalue weighted by atomic mass is 9.69. The largest absolute Gasteiger partial charge is 0.497 e. The van der Waals surface area contributed by atoms with Crippen molar-refractivity contribution >= 4 is 19.7 Å². The molecule has 6 rings (SSSR count). The van der Waals surface area contributed by atoms with Crippen LogP contribution in [-0.4, -0.2) is 65.0 Å². The molecular weight excluding hydrogens is 783 g/mol. The summed E-state index contributed by atoms with van der Waals surface area (Å²) < 4.78 is 92.4. The number of rotatable bonds is 12. The maximum Gasteiger partial charge on any atom is 0.179 e. The Morgan fingerprint density at radius 3 is 1.31 bits per heavy atom. The Morgan fingerprint density at radius 2 is 0.983 bits per heavy atom. The molecule has 2 N–H and O–H groups in total. The van der Waals surface area contributed by atoms with Crippen LogP contribution < -0.4 is 9.47 Å². The second kappa shape index (κ2) is 18.6. The summed E-state index contributed by atoms with van der Waals surface area (Å²) in [5, 5.41) is 23.3. The standard InChI is InChI=1S/2C23H29FO4S/c2*1-4-6-12-23(5-2)15-29(26,27)20-11-10-17(24)14-19(20)21(22(23)25)16-8-7-9-18(13-16)28-3/h2*7-11,13-14,21-22,25H,4-6,12,15H2,1-3H3/t21-,22?,23+;21-,22?,23-/m01/s1. The van der Waals surface area contributed by atoms with E-state index in [0.29, 0.717) is 48.3 Å². The van der Waals surface area contributed by atoms with Gasteiger partial charge in [-0.25, -0.2) is 25.6 Å². The minimum atomic E-state index is -3.69. The summed E-state index contributed by atoms with van der Waals surface area (Å²) in [5.41, 5.74) is 0.455. The van der Waals surface area contributed by atoms with Gasteiger partial charge in [-0.1, -0.05) is 77.6 Å². The molecule has 6 atom stereocenters. The summed E-state index contributed by atoms with van der Waals surface area (Å²) in [6.45, 7) is 7.94. The fourth-order valence-corrected chi connectivity index (χ4v) is 13.6. The highest BCUT2D eigenvalue weighted by atomic mass is 32.2. The molecule has 0 radical (unpaired) electrons. The first-order chi connectivity index (χ1) is 27.6. The van der Waals surface area contributed by atoms with Gasteiger partial charge in [0.05, 0.1) is 47.7 Å². The number of benzene rings is 4. The Kier molecular flexibility index (Phi) is 14.5. The first-order valence-electron chi connectivity index (χ1n) is 20.2. The van der Waals surface area contributed by atoms with Crippen molar-refractivity contribution in [3.63, 3.8) is 0 Å². The molecule has 0 bridgehead atoms. The van der Waals surface area contributed by atoms with Crippen molar-refractivity contribution in [3.8, 4) is 11.5 Å². The SMILES string of the molecule is CCCC[C@]1(CC)CS(=O)(=O)c2ccc(F)cc2[C@@H](c2cccc(OC)c2)C1O.CCCC[C@]1(CC)CS(=O)(=O)c2ccc(F)cc2[C@H](c2cccc(OC)c2)C1O. The third-order valence-electron chi connectivity index (χ3n) is 12.5. The maximum atomic E-state index is 14.2. The van der Waals surface area contributed by atoms with Gasteiger partial charge in [-0.15, -0.1) is 0 Å². The summed E-state index contributed by atoms with van der Waals surface area (Å²) in [5.74, 6) is -1.43. The van der Waals surface area contributed by atoms with E-state index in [1.54, 1.807) is 50.6 Å². The van der Waals surface area contributed by atoms with E-state index in [9.17, 15) is 35.8 Å². The highest BCUT2D eigenvalue weighted by Gasteiger charge is 2.50. The molecule has 2 unspecified atom stereocenters. The smallest absolute Gasteiger partial charge is 0.179 e. The fraction of sp³-hybridized carbons (Fsp3) is 0.478. The van der Waals surface area contributed by atoms with Gasteiger partial charge in [-0.2, -0.15) is 0 Å². The Morgan fingerprint density at radius 1 is 0.603 bits per heavy atom. The molecule has 0 aromatic heterocycles. The molecule has 0 saturated carbocycles.